The van der Waals surface area contributed by atoms with Gasteiger partial charge in [-0.3, -0.25) is 4.79 Å². The predicted octanol–water partition coefficient (Wildman–Crippen LogP) is 2.70. The number of Topliss-reactive ketones (excluding diaryl/α,β-unsaturated/α-hetero) is 1. The van der Waals surface area contributed by atoms with Crippen molar-refractivity contribution in [2.75, 3.05) is 37.6 Å². The van der Waals surface area contributed by atoms with Crippen molar-refractivity contribution in [2.45, 2.75) is 13.3 Å². The third-order valence-electron chi connectivity index (χ3n) is 4.49. The van der Waals surface area contributed by atoms with E-state index in [-0.39, 0.29) is 11.8 Å². The van der Waals surface area contributed by atoms with E-state index < -0.39 is 5.82 Å². The Morgan fingerprint density at radius 3 is 2.58 bits per heavy atom. The lowest BCUT2D eigenvalue weighted by Gasteiger charge is -2.36. The molecule has 2 heterocycles. The molecular formula is C19H22FN3O3. The number of hydrogen-bond acceptors (Lipinski definition) is 4. The van der Waals surface area contributed by atoms with E-state index in [1.54, 1.807) is 23.3 Å². The van der Waals surface area contributed by atoms with Crippen LogP contribution in [0.1, 0.15) is 23.0 Å². The number of urea groups is 1. The number of nitrogens with zero attached hydrogens (tertiary/aromatic N) is 2. The molecule has 0 bridgehead atoms. The van der Waals surface area contributed by atoms with Gasteiger partial charge < -0.3 is 19.5 Å². The highest BCUT2D eigenvalue weighted by atomic mass is 19.1. The van der Waals surface area contributed by atoms with Crippen molar-refractivity contribution >= 4 is 17.5 Å². The van der Waals surface area contributed by atoms with Crippen LogP contribution in [-0.4, -0.2) is 49.4 Å². The minimum absolute atomic E-state index is 0.122. The molecule has 1 N–H and O–H groups in total. The van der Waals surface area contributed by atoms with E-state index in [0.29, 0.717) is 50.4 Å². The Labute approximate surface area is 151 Å². The zero-order valence-electron chi connectivity index (χ0n) is 14.7. The van der Waals surface area contributed by atoms with Gasteiger partial charge in [0.2, 0.25) is 0 Å². The van der Waals surface area contributed by atoms with E-state index in [1.165, 1.54) is 13.0 Å². The van der Waals surface area contributed by atoms with Crippen molar-refractivity contribution in [3.8, 4) is 0 Å². The number of piperazine rings is 1. The number of furan rings is 1. The molecule has 1 saturated heterocycles. The highest BCUT2D eigenvalue weighted by molar-refractivity contribution is 5.94. The Morgan fingerprint density at radius 1 is 1.19 bits per heavy atom. The van der Waals surface area contributed by atoms with Crippen LogP contribution in [0.2, 0.25) is 0 Å². The summed E-state index contributed by atoms with van der Waals surface area (Å²) in [5.74, 6) is 0.264. The van der Waals surface area contributed by atoms with Crippen molar-refractivity contribution < 1.29 is 18.4 Å². The molecule has 2 aromatic rings. The Balaban J connectivity index is 1.49. The number of ketones is 1. The number of anilines is 1. The monoisotopic (exact) mass is 359 g/mol. The minimum Gasteiger partial charge on any atom is -0.469 e. The van der Waals surface area contributed by atoms with Crippen molar-refractivity contribution in [1.82, 2.24) is 10.2 Å². The molecule has 7 heteroatoms. The molecule has 138 valence electrons. The van der Waals surface area contributed by atoms with Crippen molar-refractivity contribution in [1.29, 1.82) is 0 Å². The SMILES string of the molecule is CC(=O)c1ccc(N2CCN(C(=O)NCCc3ccco3)CC2)c(F)c1. The molecule has 6 nitrogen and oxygen atoms in total. The van der Waals surface area contributed by atoms with E-state index in [1.807, 2.05) is 17.0 Å². The van der Waals surface area contributed by atoms with Gasteiger partial charge in [-0.2, -0.15) is 0 Å². The smallest absolute Gasteiger partial charge is 0.317 e. The van der Waals surface area contributed by atoms with Crippen molar-refractivity contribution in [3.05, 3.63) is 53.7 Å². The van der Waals surface area contributed by atoms with Gasteiger partial charge in [0, 0.05) is 44.7 Å². The lowest BCUT2D eigenvalue weighted by molar-refractivity contribution is 0.101. The minimum atomic E-state index is -0.408. The van der Waals surface area contributed by atoms with E-state index >= 15 is 0 Å². The van der Waals surface area contributed by atoms with Gasteiger partial charge in [-0.05, 0) is 37.3 Å². The molecule has 0 radical (unpaired) electrons. The summed E-state index contributed by atoms with van der Waals surface area (Å²) in [6.07, 6.45) is 2.25. The van der Waals surface area contributed by atoms with E-state index in [0.717, 1.165) is 5.76 Å². The van der Waals surface area contributed by atoms with Crippen LogP contribution < -0.4 is 10.2 Å². The first kappa shape index (κ1) is 18.0. The van der Waals surface area contributed by atoms with Gasteiger partial charge in [-0.15, -0.1) is 0 Å². The van der Waals surface area contributed by atoms with Gasteiger partial charge in [0.25, 0.3) is 0 Å². The summed E-state index contributed by atoms with van der Waals surface area (Å²) >= 11 is 0. The van der Waals surface area contributed by atoms with Crippen LogP contribution in [0.4, 0.5) is 14.9 Å². The standard InChI is InChI=1S/C19H22FN3O3/c1-14(24)15-4-5-18(17(20)13-15)22-8-10-23(11-9-22)19(25)21-7-6-16-3-2-12-26-16/h2-5,12-13H,6-11H2,1H3,(H,21,25). The van der Waals surface area contributed by atoms with Crippen LogP contribution in [-0.2, 0) is 6.42 Å². The largest absolute Gasteiger partial charge is 0.469 e. The molecule has 1 aromatic heterocycles. The quantitative estimate of drug-likeness (QED) is 0.834. The summed E-state index contributed by atoms with van der Waals surface area (Å²) in [7, 11) is 0. The van der Waals surface area contributed by atoms with E-state index in [4.69, 9.17) is 4.42 Å². The van der Waals surface area contributed by atoms with Crippen molar-refractivity contribution in [3.63, 3.8) is 0 Å². The second-order valence-electron chi connectivity index (χ2n) is 6.26. The molecular weight excluding hydrogens is 337 g/mol. The number of benzene rings is 1. The first-order valence-corrected chi connectivity index (χ1v) is 8.65. The second kappa shape index (κ2) is 8.03. The second-order valence-corrected chi connectivity index (χ2v) is 6.26. The zero-order chi connectivity index (χ0) is 18.5. The molecule has 2 amide bonds. The number of nitrogens with one attached hydrogen (secondary N) is 1. The van der Waals surface area contributed by atoms with Crippen molar-refractivity contribution in [2.24, 2.45) is 0 Å². The van der Waals surface area contributed by atoms with Gasteiger partial charge in [-0.1, -0.05) is 0 Å². The molecule has 0 atom stereocenters. The number of rotatable bonds is 5. The van der Waals surface area contributed by atoms with Gasteiger partial charge >= 0.3 is 6.03 Å². The summed E-state index contributed by atoms with van der Waals surface area (Å²) in [5, 5.41) is 2.87. The average molecular weight is 359 g/mol. The van der Waals surface area contributed by atoms with Crippen LogP contribution in [0.25, 0.3) is 0 Å². The summed E-state index contributed by atoms with van der Waals surface area (Å²) < 4.78 is 19.5. The normalized spacial score (nSPS) is 14.4. The fourth-order valence-electron chi connectivity index (χ4n) is 2.99. The topological polar surface area (TPSA) is 65.8 Å². The maximum absolute atomic E-state index is 14.3. The van der Waals surface area contributed by atoms with E-state index in [2.05, 4.69) is 5.32 Å². The molecule has 0 unspecified atom stereocenters. The average Bonchev–Trinajstić information content (AvgIpc) is 3.15. The summed E-state index contributed by atoms with van der Waals surface area (Å²) in [6, 6.07) is 8.10. The van der Waals surface area contributed by atoms with Crippen LogP contribution >= 0.6 is 0 Å². The predicted molar refractivity (Wildman–Crippen MR) is 96.0 cm³/mol. The Kier molecular flexibility index (Phi) is 5.55. The third kappa shape index (κ3) is 4.22. The molecule has 1 aliphatic heterocycles. The first-order chi connectivity index (χ1) is 12.5. The number of carbonyl (C=O) groups is 2. The fourth-order valence-corrected chi connectivity index (χ4v) is 2.99. The van der Waals surface area contributed by atoms with Gasteiger partial charge in [0.15, 0.2) is 5.78 Å². The first-order valence-electron chi connectivity index (χ1n) is 8.65. The summed E-state index contributed by atoms with van der Waals surface area (Å²) in [6.45, 7) is 4.04. The molecule has 1 aromatic carbocycles. The molecule has 0 aliphatic carbocycles. The molecule has 3 rings (SSSR count). The maximum Gasteiger partial charge on any atom is 0.317 e. The number of hydrogen-bond donors (Lipinski definition) is 1. The van der Waals surface area contributed by atoms with Gasteiger partial charge in [-0.25, -0.2) is 9.18 Å². The summed E-state index contributed by atoms with van der Waals surface area (Å²) in [4.78, 5) is 27.2. The highest BCUT2D eigenvalue weighted by Crippen LogP contribution is 2.22. The Morgan fingerprint density at radius 2 is 1.96 bits per heavy atom. The Hall–Kier alpha value is -2.83. The summed E-state index contributed by atoms with van der Waals surface area (Å²) in [5.41, 5.74) is 0.827. The molecule has 1 fully saturated rings. The number of halogens is 1. The highest BCUT2D eigenvalue weighted by Gasteiger charge is 2.23. The third-order valence-corrected chi connectivity index (χ3v) is 4.49. The molecule has 0 spiro atoms. The lowest BCUT2D eigenvalue weighted by atomic mass is 10.1. The van der Waals surface area contributed by atoms with Crippen LogP contribution in [0.3, 0.4) is 0 Å². The molecule has 1 aliphatic rings. The lowest BCUT2D eigenvalue weighted by Crippen LogP contribution is -2.52. The van der Waals surface area contributed by atoms with Crippen LogP contribution in [0.5, 0.6) is 0 Å². The number of carbonyl (C=O) groups excluding carboxylic acids is 2. The fraction of sp³-hybridized carbons (Fsp3) is 0.368. The maximum atomic E-state index is 14.3. The van der Waals surface area contributed by atoms with E-state index in [9.17, 15) is 14.0 Å². The van der Waals surface area contributed by atoms with Crippen LogP contribution in [0, 0.1) is 5.82 Å². The Bertz CT molecular complexity index is 768. The van der Waals surface area contributed by atoms with Gasteiger partial charge in [0.1, 0.15) is 11.6 Å². The number of amides is 2. The molecule has 0 saturated carbocycles. The van der Waals surface area contributed by atoms with Crippen LogP contribution in [0.15, 0.2) is 41.0 Å². The van der Waals surface area contributed by atoms with Gasteiger partial charge in [0.05, 0.1) is 12.0 Å². The zero-order valence-corrected chi connectivity index (χ0v) is 14.7. The molecule has 26 heavy (non-hydrogen) atoms.